The number of nitriles is 1. The number of fused-ring (bicyclic) bond motifs is 4. The predicted molar refractivity (Wildman–Crippen MR) is 189 cm³/mol. The molecule has 0 aliphatic carbocycles. The molecule has 0 N–H and O–H groups in total. The molecule has 254 valence electrons. The number of nitrogens with zero attached hydrogens (tertiary/aromatic N) is 7. The van der Waals surface area contributed by atoms with Crippen LogP contribution in [0, 0.1) is 23.7 Å². The van der Waals surface area contributed by atoms with Crippen LogP contribution in [-0.4, -0.2) is 68.8 Å². The van der Waals surface area contributed by atoms with Gasteiger partial charge in [-0.15, -0.1) is 0 Å². The van der Waals surface area contributed by atoms with Crippen molar-refractivity contribution in [1.82, 2.24) is 24.6 Å². The monoisotopic (exact) mass is 693 g/mol. The van der Waals surface area contributed by atoms with Crippen LogP contribution in [0.2, 0.25) is 5.02 Å². The standard InChI is InChI=1S/C38H34ClF2N7O2/c1-21(40)38(49)47-17-14-25(18-24(47)13-15-42)48-36-27-19-29(39)33(26-10-5-8-23-9-6-11-30(43-3)32(23)26)34(41)35(27)45-37(28(36)20-44-48)50-22(2)31-12-7-16-46(31)4/h5-6,8-11,19-20,22,24-25,31H,1,7,12-14,16-18H2,2,4H3/t22-,24+,25-,31-/m0/s1. The average molecular weight is 694 g/mol. The van der Waals surface area contributed by atoms with Gasteiger partial charge in [-0.1, -0.05) is 54.6 Å². The van der Waals surface area contributed by atoms with Gasteiger partial charge in [0.15, 0.2) is 17.3 Å². The lowest BCUT2D eigenvalue weighted by atomic mass is 9.94. The lowest BCUT2D eigenvalue weighted by Gasteiger charge is -2.38. The second-order valence-corrected chi connectivity index (χ2v) is 13.5. The maximum absolute atomic E-state index is 17.2. The van der Waals surface area contributed by atoms with E-state index >= 15 is 4.39 Å². The minimum absolute atomic E-state index is 0.000745. The summed E-state index contributed by atoms with van der Waals surface area (Å²) in [7, 11) is 2.06. The van der Waals surface area contributed by atoms with Crippen molar-refractivity contribution in [3.05, 3.63) is 83.3 Å². The van der Waals surface area contributed by atoms with Gasteiger partial charge in [0.2, 0.25) is 5.88 Å². The Morgan fingerprint density at radius 3 is 2.72 bits per heavy atom. The maximum atomic E-state index is 17.2. The van der Waals surface area contributed by atoms with Gasteiger partial charge in [-0.3, -0.25) is 14.4 Å². The number of carbonyl (C=O) groups is 1. The van der Waals surface area contributed by atoms with Crippen molar-refractivity contribution in [1.29, 1.82) is 5.26 Å². The quantitative estimate of drug-likeness (QED) is 0.125. The number of rotatable bonds is 7. The molecule has 2 aliphatic rings. The van der Waals surface area contributed by atoms with E-state index < -0.39 is 23.6 Å². The van der Waals surface area contributed by atoms with E-state index in [-0.39, 0.29) is 53.1 Å². The summed E-state index contributed by atoms with van der Waals surface area (Å²) in [4.78, 5) is 24.7. The summed E-state index contributed by atoms with van der Waals surface area (Å²) >= 11 is 6.98. The molecule has 50 heavy (non-hydrogen) atoms. The van der Waals surface area contributed by atoms with E-state index in [1.165, 1.54) is 4.90 Å². The Balaban J connectivity index is 1.43. The highest BCUT2D eigenvalue weighted by Crippen LogP contribution is 2.45. The molecule has 4 atom stereocenters. The van der Waals surface area contributed by atoms with Gasteiger partial charge >= 0.3 is 0 Å². The summed E-state index contributed by atoms with van der Waals surface area (Å²) in [5, 5.41) is 16.8. The van der Waals surface area contributed by atoms with Crippen LogP contribution in [0.1, 0.15) is 45.1 Å². The van der Waals surface area contributed by atoms with Crippen molar-refractivity contribution < 1.29 is 18.3 Å². The lowest BCUT2D eigenvalue weighted by Crippen LogP contribution is -2.46. The number of hydrogen-bond donors (Lipinski definition) is 0. The minimum Gasteiger partial charge on any atom is -0.472 e. The van der Waals surface area contributed by atoms with Gasteiger partial charge in [0, 0.05) is 29.6 Å². The van der Waals surface area contributed by atoms with E-state index in [0.717, 1.165) is 24.8 Å². The first kappa shape index (κ1) is 33.4. The Kier molecular flexibility index (Phi) is 8.89. The average Bonchev–Trinajstić information content (AvgIpc) is 3.75. The topological polar surface area (TPSA) is 91.6 Å². The molecule has 2 aromatic heterocycles. The fourth-order valence-corrected chi connectivity index (χ4v) is 8.14. The van der Waals surface area contributed by atoms with Crippen LogP contribution in [0.15, 0.2) is 61.1 Å². The van der Waals surface area contributed by atoms with Crippen molar-refractivity contribution in [2.45, 2.75) is 63.3 Å². The van der Waals surface area contributed by atoms with E-state index in [2.05, 4.69) is 29.4 Å². The third kappa shape index (κ3) is 5.61. The number of likely N-dealkylation sites (N-methyl/N-ethyl adjacent to an activating group) is 1. The first-order valence-corrected chi connectivity index (χ1v) is 17.0. The van der Waals surface area contributed by atoms with Crippen molar-refractivity contribution in [3.8, 4) is 23.1 Å². The number of hydrogen-bond acceptors (Lipinski definition) is 6. The number of halogens is 3. The number of likely N-dealkylation sites (tertiary alicyclic amines) is 2. The molecule has 0 bridgehead atoms. The van der Waals surface area contributed by atoms with Gasteiger partial charge in [-0.25, -0.2) is 18.6 Å². The van der Waals surface area contributed by atoms with Crippen LogP contribution >= 0.6 is 11.6 Å². The number of piperidine rings is 1. The SMILES string of the molecule is [C-]#[N+]c1cccc2cccc(-c3c(Cl)cc4c(nc(O[C@@H](C)[C@@H]5CCCN5C)c5cnn([C@H]6CCN(C(=O)C(=C)F)[C@H](CC#N)C6)c54)c3F)c12. The fraction of sp³-hybridized carbons (Fsp3) is 0.342. The Morgan fingerprint density at radius 1 is 1.24 bits per heavy atom. The van der Waals surface area contributed by atoms with Crippen molar-refractivity contribution in [2.75, 3.05) is 20.1 Å². The first-order chi connectivity index (χ1) is 24.1. The van der Waals surface area contributed by atoms with Gasteiger partial charge in [-0.05, 0) is 68.6 Å². The zero-order chi connectivity index (χ0) is 35.3. The zero-order valence-corrected chi connectivity index (χ0v) is 28.4. The normalized spacial score (nSPS) is 20.2. The third-order valence-corrected chi connectivity index (χ3v) is 10.5. The van der Waals surface area contributed by atoms with E-state index in [9.17, 15) is 14.4 Å². The van der Waals surface area contributed by atoms with Crippen molar-refractivity contribution in [2.24, 2.45) is 0 Å². The van der Waals surface area contributed by atoms with Gasteiger partial charge in [0.05, 0.1) is 47.2 Å². The Hall–Kier alpha value is -5.10. The molecule has 12 heteroatoms. The van der Waals surface area contributed by atoms with E-state index in [1.54, 1.807) is 41.2 Å². The van der Waals surface area contributed by atoms with Crippen LogP contribution in [0.25, 0.3) is 48.6 Å². The van der Waals surface area contributed by atoms with E-state index in [0.29, 0.717) is 45.8 Å². The highest BCUT2D eigenvalue weighted by atomic mass is 35.5. The molecular formula is C38H34ClF2N7O2. The molecular weight excluding hydrogens is 660 g/mol. The molecule has 0 unspecified atom stereocenters. The van der Waals surface area contributed by atoms with Crippen molar-refractivity contribution in [3.63, 3.8) is 0 Å². The number of benzene rings is 3. The van der Waals surface area contributed by atoms with E-state index in [4.69, 9.17) is 33.0 Å². The summed E-state index contributed by atoms with van der Waals surface area (Å²) in [5.41, 5.74) is 1.57. The Labute approximate surface area is 293 Å². The summed E-state index contributed by atoms with van der Waals surface area (Å²) in [6.45, 7) is 14.1. The summed E-state index contributed by atoms with van der Waals surface area (Å²) in [6.07, 6.45) is 4.10. The molecule has 5 aromatic rings. The highest BCUT2D eigenvalue weighted by Gasteiger charge is 2.36. The second-order valence-electron chi connectivity index (χ2n) is 13.1. The van der Waals surface area contributed by atoms with Crippen LogP contribution in [0.5, 0.6) is 5.88 Å². The minimum atomic E-state index is -1.08. The molecule has 2 fully saturated rings. The van der Waals surface area contributed by atoms with E-state index in [1.807, 2.05) is 19.1 Å². The van der Waals surface area contributed by atoms with Crippen molar-refractivity contribution >= 4 is 55.8 Å². The Morgan fingerprint density at radius 2 is 2.02 bits per heavy atom. The largest absolute Gasteiger partial charge is 0.472 e. The molecule has 2 aliphatic heterocycles. The van der Waals surface area contributed by atoms with Crippen LogP contribution in [0.4, 0.5) is 14.5 Å². The van der Waals surface area contributed by atoms with Crippen LogP contribution < -0.4 is 4.74 Å². The molecule has 0 spiro atoms. The number of ether oxygens (including phenoxy) is 1. The molecule has 0 saturated carbocycles. The molecule has 7 rings (SSSR count). The zero-order valence-electron chi connectivity index (χ0n) is 27.7. The lowest BCUT2D eigenvalue weighted by molar-refractivity contribution is -0.132. The Bertz CT molecular complexity index is 2270. The smallest absolute Gasteiger partial charge is 0.282 e. The highest BCUT2D eigenvalue weighted by molar-refractivity contribution is 6.35. The number of pyridine rings is 1. The molecule has 9 nitrogen and oxygen atoms in total. The summed E-state index contributed by atoms with van der Waals surface area (Å²) < 4.78 is 39.5. The van der Waals surface area contributed by atoms with Gasteiger partial charge in [-0.2, -0.15) is 10.4 Å². The summed E-state index contributed by atoms with van der Waals surface area (Å²) in [5.74, 6) is -2.34. The van der Waals surface area contributed by atoms with Gasteiger partial charge < -0.3 is 9.64 Å². The van der Waals surface area contributed by atoms with Gasteiger partial charge in [0.1, 0.15) is 11.6 Å². The molecule has 4 heterocycles. The predicted octanol–water partition coefficient (Wildman–Crippen LogP) is 8.54. The maximum Gasteiger partial charge on any atom is 0.282 e. The third-order valence-electron chi connectivity index (χ3n) is 10.2. The molecule has 1 amide bonds. The number of carbonyl (C=O) groups excluding carboxylic acids is 1. The molecule has 3 aromatic carbocycles. The molecule has 2 saturated heterocycles. The molecule has 0 radical (unpaired) electrons. The van der Waals surface area contributed by atoms with Crippen LogP contribution in [-0.2, 0) is 4.79 Å². The first-order valence-electron chi connectivity index (χ1n) is 16.6. The van der Waals surface area contributed by atoms with Gasteiger partial charge in [0.25, 0.3) is 5.91 Å². The summed E-state index contributed by atoms with van der Waals surface area (Å²) in [6, 6.07) is 13.8. The number of amides is 1. The van der Waals surface area contributed by atoms with Crippen LogP contribution in [0.3, 0.4) is 0 Å². The fourth-order valence-electron chi connectivity index (χ4n) is 7.84. The number of aromatic nitrogens is 3. The second kappa shape index (κ2) is 13.3.